The summed E-state index contributed by atoms with van der Waals surface area (Å²) in [5, 5.41) is 6.63. The lowest BCUT2D eigenvalue weighted by atomic mass is 10.3. The van der Waals surface area contributed by atoms with Gasteiger partial charge < -0.3 is 19.1 Å². The van der Waals surface area contributed by atoms with Crippen LogP contribution in [-0.2, 0) is 9.47 Å². The molecule has 0 unspecified atom stereocenters. The largest absolute Gasteiger partial charge is 0.476 e. The quantitative estimate of drug-likeness (QED) is 0.486. The maximum Gasteiger partial charge on any atom is 0.326 e. The Bertz CT molecular complexity index is 1170. The maximum absolute atomic E-state index is 12.7. The number of urea groups is 1. The van der Waals surface area contributed by atoms with E-state index in [0.717, 1.165) is 43.1 Å². The van der Waals surface area contributed by atoms with Crippen molar-refractivity contribution in [3.63, 3.8) is 0 Å². The number of fused-ring (bicyclic) bond motifs is 1. The van der Waals surface area contributed by atoms with E-state index in [9.17, 15) is 4.79 Å². The first-order valence-corrected chi connectivity index (χ1v) is 12.6. The molecule has 2 saturated heterocycles. The van der Waals surface area contributed by atoms with Gasteiger partial charge in [0.25, 0.3) is 0 Å². The Morgan fingerprint density at radius 1 is 1.03 bits per heavy atom. The van der Waals surface area contributed by atoms with Gasteiger partial charge in [-0.15, -0.1) is 0 Å². The number of hydrogen-bond acceptors (Lipinski definition) is 10. The first kappa shape index (κ1) is 23.9. The third kappa shape index (κ3) is 6.47. The molecular formula is C22H26ClN7O4S. The maximum atomic E-state index is 12.7. The van der Waals surface area contributed by atoms with Gasteiger partial charge in [-0.05, 0) is 18.2 Å². The molecule has 0 atom stereocenters. The lowest BCUT2D eigenvalue weighted by Gasteiger charge is -2.28. The van der Waals surface area contributed by atoms with Crippen molar-refractivity contribution < 1.29 is 19.0 Å². The second kappa shape index (κ2) is 11.3. The minimum Gasteiger partial charge on any atom is -0.476 e. The number of anilines is 3. The number of rotatable bonds is 7. The average molecular weight is 520 g/mol. The van der Waals surface area contributed by atoms with Crippen LogP contribution >= 0.6 is 22.9 Å². The molecule has 2 fully saturated rings. The zero-order valence-electron chi connectivity index (χ0n) is 19.0. The summed E-state index contributed by atoms with van der Waals surface area (Å²) in [5.41, 5.74) is 0.766. The minimum absolute atomic E-state index is 0.338. The summed E-state index contributed by atoms with van der Waals surface area (Å²) in [6, 6.07) is 6.57. The topological polar surface area (TPSA) is 114 Å². The molecule has 0 bridgehead atoms. The van der Waals surface area contributed by atoms with Crippen molar-refractivity contribution >= 4 is 56.1 Å². The predicted octanol–water partition coefficient (Wildman–Crippen LogP) is 2.93. The SMILES string of the molecule is O=C(Nc1cc(OCCN2CCOCC2)nc(N2CCOCC2)n1)Nc1nc2ccc(Cl)cc2s1. The number of amides is 2. The molecule has 2 aromatic heterocycles. The van der Waals surface area contributed by atoms with Crippen molar-refractivity contribution in [1.29, 1.82) is 0 Å². The average Bonchev–Trinajstić information content (AvgIpc) is 3.26. The molecule has 3 aromatic rings. The van der Waals surface area contributed by atoms with E-state index in [2.05, 4.69) is 30.5 Å². The highest BCUT2D eigenvalue weighted by Crippen LogP contribution is 2.28. The van der Waals surface area contributed by atoms with E-state index in [1.54, 1.807) is 12.1 Å². The summed E-state index contributed by atoms with van der Waals surface area (Å²) >= 11 is 7.39. The number of aromatic nitrogens is 3. The third-order valence-electron chi connectivity index (χ3n) is 5.56. The Hall–Kier alpha value is -2.77. The highest BCUT2D eigenvalue weighted by Gasteiger charge is 2.18. The number of morpholine rings is 2. The summed E-state index contributed by atoms with van der Waals surface area (Å²) in [6.45, 7) is 7.00. The fourth-order valence-electron chi connectivity index (χ4n) is 3.76. The monoisotopic (exact) mass is 519 g/mol. The van der Waals surface area contributed by atoms with Crippen molar-refractivity contribution in [3.8, 4) is 5.88 Å². The molecule has 35 heavy (non-hydrogen) atoms. The molecule has 4 heterocycles. The summed E-state index contributed by atoms with van der Waals surface area (Å²) in [5.74, 6) is 1.23. The molecule has 2 aliphatic heterocycles. The van der Waals surface area contributed by atoms with Gasteiger partial charge in [-0.25, -0.2) is 9.78 Å². The summed E-state index contributed by atoms with van der Waals surface area (Å²) in [6.07, 6.45) is 0. The number of hydrogen-bond donors (Lipinski definition) is 2. The van der Waals surface area contributed by atoms with Crippen molar-refractivity contribution in [2.75, 3.05) is 81.3 Å². The normalized spacial score (nSPS) is 16.9. The van der Waals surface area contributed by atoms with Crippen LogP contribution in [-0.4, -0.2) is 91.6 Å². The third-order valence-corrected chi connectivity index (χ3v) is 6.73. The van der Waals surface area contributed by atoms with Gasteiger partial charge in [0.15, 0.2) is 5.13 Å². The molecule has 2 amide bonds. The molecule has 11 nitrogen and oxygen atoms in total. The van der Waals surface area contributed by atoms with Crippen molar-refractivity contribution in [2.24, 2.45) is 0 Å². The Balaban J connectivity index is 1.27. The van der Waals surface area contributed by atoms with Gasteiger partial charge in [-0.1, -0.05) is 22.9 Å². The van der Waals surface area contributed by atoms with Crippen LogP contribution in [0.3, 0.4) is 0 Å². The second-order valence-electron chi connectivity index (χ2n) is 8.00. The van der Waals surface area contributed by atoms with Crippen molar-refractivity contribution in [3.05, 3.63) is 29.3 Å². The Kier molecular flexibility index (Phi) is 7.74. The standard InChI is InChI=1S/C22H26ClN7O4S/c23-15-1-2-16-17(13-15)35-22(24-16)28-21(31)26-18-14-19(34-12-5-29-3-8-32-9-4-29)27-20(25-18)30-6-10-33-11-7-30/h1-2,13-14H,3-12H2,(H2,24,25,26,27,28,31). The van der Waals surface area contributed by atoms with Crippen molar-refractivity contribution in [1.82, 2.24) is 19.9 Å². The van der Waals surface area contributed by atoms with E-state index in [0.29, 0.717) is 60.7 Å². The lowest BCUT2D eigenvalue weighted by molar-refractivity contribution is 0.0320. The van der Waals surface area contributed by atoms with Gasteiger partial charge in [-0.2, -0.15) is 9.97 Å². The molecule has 186 valence electrons. The van der Waals surface area contributed by atoms with Crippen LogP contribution < -0.4 is 20.3 Å². The van der Waals surface area contributed by atoms with E-state index in [1.807, 2.05) is 17.0 Å². The second-order valence-corrected chi connectivity index (χ2v) is 9.47. The van der Waals surface area contributed by atoms with Crippen LogP contribution in [0.15, 0.2) is 24.3 Å². The van der Waals surface area contributed by atoms with Crippen LogP contribution in [0.5, 0.6) is 5.88 Å². The number of carbonyl (C=O) groups is 1. The number of benzene rings is 1. The van der Waals surface area contributed by atoms with Gasteiger partial charge in [0.05, 0.1) is 36.6 Å². The number of nitrogens with zero attached hydrogens (tertiary/aromatic N) is 5. The summed E-state index contributed by atoms with van der Waals surface area (Å²) < 4.78 is 17.7. The van der Waals surface area contributed by atoms with Crippen LogP contribution in [0.25, 0.3) is 10.2 Å². The first-order valence-electron chi connectivity index (χ1n) is 11.4. The van der Waals surface area contributed by atoms with E-state index >= 15 is 0 Å². The first-order chi connectivity index (χ1) is 17.1. The van der Waals surface area contributed by atoms with Gasteiger partial charge in [0, 0.05) is 43.8 Å². The number of nitrogens with one attached hydrogen (secondary N) is 2. The van der Waals surface area contributed by atoms with Gasteiger partial charge in [0.1, 0.15) is 12.4 Å². The van der Waals surface area contributed by atoms with Crippen LogP contribution in [0, 0.1) is 0 Å². The van der Waals surface area contributed by atoms with E-state index in [1.165, 1.54) is 11.3 Å². The van der Waals surface area contributed by atoms with Crippen LogP contribution in [0.2, 0.25) is 5.02 Å². The highest BCUT2D eigenvalue weighted by atomic mass is 35.5. The number of halogens is 1. The molecule has 1 aromatic carbocycles. The molecule has 5 rings (SSSR count). The zero-order chi connectivity index (χ0) is 24.0. The molecule has 2 aliphatic rings. The highest BCUT2D eigenvalue weighted by molar-refractivity contribution is 7.22. The van der Waals surface area contributed by atoms with Crippen LogP contribution in [0.4, 0.5) is 21.7 Å². The van der Waals surface area contributed by atoms with Gasteiger partial charge >= 0.3 is 6.03 Å². The summed E-state index contributed by atoms with van der Waals surface area (Å²) in [4.78, 5) is 30.5. The lowest BCUT2D eigenvalue weighted by Crippen LogP contribution is -2.39. The zero-order valence-corrected chi connectivity index (χ0v) is 20.6. The van der Waals surface area contributed by atoms with Gasteiger partial charge in [0.2, 0.25) is 11.8 Å². The molecule has 0 radical (unpaired) electrons. The molecule has 0 aliphatic carbocycles. The molecule has 2 N–H and O–H groups in total. The van der Waals surface area contributed by atoms with E-state index in [4.69, 9.17) is 25.8 Å². The molecular weight excluding hydrogens is 494 g/mol. The van der Waals surface area contributed by atoms with E-state index in [-0.39, 0.29) is 0 Å². The smallest absolute Gasteiger partial charge is 0.326 e. The van der Waals surface area contributed by atoms with Gasteiger partial charge in [-0.3, -0.25) is 15.5 Å². The number of ether oxygens (including phenoxy) is 3. The van der Waals surface area contributed by atoms with E-state index < -0.39 is 6.03 Å². The number of thiazole rings is 1. The Morgan fingerprint density at radius 3 is 2.60 bits per heavy atom. The molecule has 0 spiro atoms. The Labute approximate surface area is 211 Å². The molecule has 13 heteroatoms. The fourth-order valence-corrected chi connectivity index (χ4v) is 4.89. The summed E-state index contributed by atoms with van der Waals surface area (Å²) in [7, 11) is 0. The van der Waals surface area contributed by atoms with Crippen molar-refractivity contribution in [2.45, 2.75) is 0 Å². The Morgan fingerprint density at radius 2 is 1.80 bits per heavy atom. The fraction of sp³-hybridized carbons (Fsp3) is 0.455. The van der Waals surface area contributed by atoms with Crippen LogP contribution in [0.1, 0.15) is 0 Å². The minimum atomic E-state index is -0.457. The molecule has 0 saturated carbocycles. The number of carbonyl (C=O) groups excluding carboxylic acids is 1. The predicted molar refractivity (Wildman–Crippen MR) is 135 cm³/mol.